The highest BCUT2D eigenvalue weighted by Gasteiger charge is 2.16. The quantitative estimate of drug-likeness (QED) is 0.783. The number of unbranched alkanes of at least 4 members (excludes halogenated alkanes) is 2. The van der Waals surface area contributed by atoms with Crippen LogP contribution in [-0.4, -0.2) is 35.6 Å². The summed E-state index contributed by atoms with van der Waals surface area (Å²) in [5, 5.41) is 9.00. The number of carbonyl (C=O) groups is 1. The number of nitrogens with zero attached hydrogens (tertiary/aromatic N) is 1. The van der Waals surface area contributed by atoms with Crippen LogP contribution in [0.3, 0.4) is 0 Å². The smallest absolute Gasteiger partial charge is 0.254 e. The largest absolute Gasteiger partial charge is 0.395 e. The van der Waals surface area contributed by atoms with Crippen LogP contribution in [0.25, 0.3) is 0 Å². The topological polar surface area (TPSA) is 40.5 Å². The van der Waals surface area contributed by atoms with Gasteiger partial charge in [-0.3, -0.25) is 4.79 Å². The van der Waals surface area contributed by atoms with Crippen molar-refractivity contribution in [2.45, 2.75) is 26.2 Å². The van der Waals surface area contributed by atoms with Crippen LogP contribution in [0.2, 0.25) is 5.02 Å². The van der Waals surface area contributed by atoms with Gasteiger partial charge in [-0.1, -0.05) is 31.4 Å². The molecule has 0 saturated heterocycles. The van der Waals surface area contributed by atoms with E-state index in [-0.39, 0.29) is 29.6 Å². The van der Waals surface area contributed by atoms with Gasteiger partial charge in [0.05, 0.1) is 11.6 Å². The van der Waals surface area contributed by atoms with Gasteiger partial charge >= 0.3 is 0 Å². The van der Waals surface area contributed by atoms with E-state index in [1.165, 1.54) is 12.1 Å². The van der Waals surface area contributed by atoms with Gasteiger partial charge in [0.25, 0.3) is 5.91 Å². The van der Waals surface area contributed by atoms with Crippen molar-refractivity contribution >= 4 is 17.5 Å². The van der Waals surface area contributed by atoms with Gasteiger partial charge in [0.15, 0.2) is 0 Å². The Morgan fingerprint density at radius 1 is 1.37 bits per heavy atom. The van der Waals surface area contributed by atoms with Crippen molar-refractivity contribution in [2.75, 3.05) is 19.7 Å². The first-order valence-electron chi connectivity index (χ1n) is 6.45. The van der Waals surface area contributed by atoms with E-state index in [4.69, 9.17) is 16.7 Å². The number of hydrogen-bond donors (Lipinski definition) is 1. The van der Waals surface area contributed by atoms with Gasteiger partial charge in [0.1, 0.15) is 5.82 Å². The maximum absolute atomic E-state index is 13.3. The van der Waals surface area contributed by atoms with Crippen molar-refractivity contribution in [1.29, 1.82) is 0 Å². The Morgan fingerprint density at radius 2 is 2.11 bits per heavy atom. The molecule has 5 heteroatoms. The van der Waals surface area contributed by atoms with Crippen LogP contribution in [0, 0.1) is 5.82 Å². The number of amides is 1. The average Bonchev–Trinajstić information content (AvgIpc) is 2.40. The maximum atomic E-state index is 13.3. The van der Waals surface area contributed by atoms with Crippen LogP contribution in [0.5, 0.6) is 0 Å². The molecule has 0 fully saturated rings. The second kappa shape index (κ2) is 8.12. The second-order valence-electron chi connectivity index (χ2n) is 4.35. The van der Waals surface area contributed by atoms with E-state index >= 15 is 0 Å². The van der Waals surface area contributed by atoms with Gasteiger partial charge in [-0.05, 0) is 24.6 Å². The van der Waals surface area contributed by atoms with Gasteiger partial charge in [-0.15, -0.1) is 0 Å². The standard InChI is InChI=1S/C14H19ClFNO2/c1-2-3-4-7-17(8-9-18)14(19)11-5-6-12(15)13(16)10-11/h5-6,10,18H,2-4,7-9H2,1H3. The molecule has 0 atom stereocenters. The lowest BCUT2D eigenvalue weighted by Crippen LogP contribution is -2.34. The molecule has 1 rings (SSSR count). The second-order valence-corrected chi connectivity index (χ2v) is 4.76. The summed E-state index contributed by atoms with van der Waals surface area (Å²) >= 11 is 5.59. The molecule has 0 heterocycles. The lowest BCUT2D eigenvalue weighted by Gasteiger charge is -2.21. The van der Waals surface area contributed by atoms with Crippen LogP contribution < -0.4 is 0 Å². The lowest BCUT2D eigenvalue weighted by atomic mass is 10.1. The van der Waals surface area contributed by atoms with Crippen molar-refractivity contribution in [2.24, 2.45) is 0 Å². The summed E-state index contributed by atoms with van der Waals surface area (Å²) in [7, 11) is 0. The molecule has 0 aromatic heterocycles. The highest BCUT2D eigenvalue weighted by atomic mass is 35.5. The van der Waals surface area contributed by atoms with E-state index in [1.807, 2.05) is 0 Å². The van der Waals surface area contributed by atoms with Gasteiger partial charge in [0.2, 0.25) is 0 Å². The van der Waals surface area contributed by atoms with E-state index in [2.05, 4.69) is 6.92 Å². The Bertz CT molecular complexity index is 426. The van der Waals surface area contributed by atoms with Crippen molar-refractivity contribution in [3.05, 3.63) is 34.6 Å². The van der Waals surface area contributed by atoms with E-state index in [1.54, 1.807) is 4.90 Å². The number of hydrogen-bond acceptors (Lipinski definition) is 2. The van der Waals surface area contributed by atoms with Crippen LogP contribution in [0.4, 0.5) is 4.39 Å². The number of aliphatic hydroxyl groups excluding tert-OH is 1. The lowest BCUT2D eigenvalue weighted by molar-refractivity contribution is 0.0718. The zero-order valence-electron chi connectivity index (χ0n) is 11.0. The number of carbonyl (C=O) groups excluding carboxylic acids is 1. The molecule has 1 aromatic carbocycles. The normalized spacial score (nSPS) is 10.5. The molecule has 106 valence electrons. The molecule has 0 spiro atoms. The minimum atomic E-state index is -0.606. The molecule has 0 unspecified atom stereocenters. The summed E-state index contributed by atoms with van der Waals surface area (Å²) in [4.78, 5) is 13.7. The van der Waals surface area contributed by atoms with Gasteiger partial charge < -0.3 is 10.0 Å². The third-order valence-electron chi connectivity index (χ3n) is 2.86. The summed E-state index contributed by atoms with van der Waals surface area (Å²) in [6.07, 6.45) is 2.94. The molecule has 0 bridgehead atoms. The Hall–Kier alpha value is -1.13. The molecule has 19 heavy (non-hydrogen) atoms. The summed E-state index contributed by atoms with van der Waals surface area (Å²) in [5.74, 6) is -0.884. The summed E-state index contributed by atoms with van der Waals surface area (Å²) in [6, 6.07) is 4.00. The molecule has 0 aliphatic carbocycles. The number of benzene rings is 1. The monoisotopic (exact) mass is 287 g/mol. The molecule has 3 nitrogen and oxygen atoms in total. The summed E-state index contributed by atoms with van der Waals surface area (Å²) in [6.45, 7) is 2.80. The Kier molecular flexibility index (Phi) is 6.81. The maximum Gasteiger partial charge on any atom is 0.254 e. The molecule has 0 aliphatic rings. The van der Waals surface area contributed by atoms with Crippen LogP contribution in [0.15, 0.2) is 18.2 Å². The minimum absolute atomic E-state index is 0.00348. The zero-order valence-corrected chi connectivity index (χ0v) is 11.8. The zero-order chi connectivity index (χ0) is 14.3. The average molecular weight is 288 g/mol. The first-order valence-corrected chi connectivity index (χ1v) is 6.83. The van der Waals surface area contributed by atoms with E-state index < -0.39 is 5.82 Å². The van der Waals surface area contributed by atoms with Crippen molar-refractivity contribution in [1.82, 2.24) is 4.90 Å². The minimum Gasteiger partial charge on any atom is -0.395 e. The molecule has 0 aliphatic heterocycles. The highest BCUT2D eigenvalue weighted by molar-refractivity contribution is 6.30. The van der Waals surface area contributed by atoms with Crippen LogP contribution >= 0.6 is 11.6 Å². The SMILES string of the molecule is CCCCCN(CCO)C(=O)c1ccc(Cl)c(F)c1. The Balaban J connectivity index is 2.76. The molecule has 0 radical (unpaired) electrons. The fourth-order valence-electron chi connectivity index (χ4n) is 1.80. The number of rotatable bonds is 7. The molecule has 0 saturated carbocycles. The van der Waals surface area contributed by atoms with Gasteiger partial charge in [0, 0.05) is 18.7 Å². The summed E-state index contributed by atoms with van der Waals surface area (Å²) in [5.41, 5.74) is 0.256. The third kappa shape index (κ3) is 4.80. The first kappa shape index (κ1) is 15.9. The van der Waals surface area contributed by atoms with Gasteiger partial charge in [-0.2, -0.15) is 0 Å². The molecule has 1 N–H and O–H groups in total. The number of halogens is 2. The van der Waals surface area contributed by atoms with Crippen LogP contribution in [0.1, 0.15) is 36.5 Å². The molecular weight excluding hydrogens is 269 g/mol. The van der Waals surface area contributed by atoms with Crippen molar-refractivity contribution in [3.8, 4) is 0 Å². The van der Waals surface area contributed by atoms with E-state index in [0.29, 0.717) is 6.54 Å². The van der Waals surface area contributed by atoms with Gasteiger partial charge in [-0.25, -0.2) is 4.39 Å². The molecular formula is C14H19ClFNO2. The predicted octanol–water partition coefficient (Wildman–Crippen LogP) is 3.10. The first-order chi connectivity index (χ1) is 9.10. The summed E-state index contributed by atoms with van der Waals surface area (Å²) < 4.78 is 13.3. The fourth-order valence-corrected chi connectivity index (χ4v) is 1.92. The van der Waals surface area contributed by atoms with E-state index in [9.17, 15) is 9.18 Å². The van der Waals surface area contributed by atoms with Crippen molar-refractivity contribution in [3.63, 3.8) is 0 Å². The van der Waals surface area contributed by atoms with E-state index in [0.717, 1.165) is 25.3 Å². The Morgan fingerprint density at radius 3 is 2.68 bits per heavy atom. The predicted molar refractivity (Wildman–Crippen MR) is 73.9 cm³/mol. The Labute approximate surface area is 118 Å². The third-order valence-corrected chi connectivity index (χ3v) is 3.16. The fraction of sp³-hybridized carbons (Fsp3) is 0.500. The molecule has 1 amide bonds. The highest BCUT2D eigenvalue weighted by Crippen LogP contribution is 2.17. The molecule has 1 aromatic rings. The number of aliphatic hydroxyl groups is 1. The van der Waals surface area contributed by atoms with Crippen molar-refractivity contribution < 1.29 is 14.3 Å². The van der Waals surface area contributed by atoms with Crippen LogP contribution in [-0.2, 0) is 0 Å².